The number of allylic oxidation sites excluding steroid dienone is 1. The number of rotatable bonds is 0. The molecule has 104 valence electrons. The number of carbonyl (C=O) groups excluding carboxylic acids is 1. The summed E-state index contributed by atoms with van der Waals surface area (Å²) in [5, 5.41) is 7.09. The summed E-state index contributed by atoms with van der Waals surface area (Å²) in [6, 6.07) is 0. The molecule has 2 fully saturated rings. The first-order valence-electron chi connectivity index (χ1n) is 7.96. The molecule has 2 heterocycles. The number of carbonyl (C=O) groups is 1. The molecule has 19 heavy (non-hydrogen) atoms. The molecule has 0 aromatic rings. The van der Waals surface area contributed by atoms with Crippen molar-refractivity contribution >= 4 is 5.91 Å². The minimum atomic E-state index is 0.232. The number of nitrogens with one attached hydrogen (secondary N) is 2. The van der Waals surface area contributed by atoms with Crippen molar-refractivity contribution in [3.8, 4) is 0 Å². The number of piperidine rings is 1. The summed E-state index contributed by atoms with van der Waals surface area (Å²) in [4.78, 5) is 11.7. The molecule has 3 heteroatoms. The van der Waals surface area contributed by atoms with E-state index in [2.05, 4.69) is 17.6 Å². The van der Waals surface area contributed by atoms with Crippen LogP contribution < -0.4 is 10.6 Å². The summed E-state index contributed by atoms with van der Waals surface area (Å²) in [5.41, 5.74) is 3.10. The van der Waals surface area contributed by atoms with E-state index in [0.717, 1.165) is 37.1 Å². The van der Waals surface area contributed by atoms with Crippen LogP contribution in [0.3, 0.4) is 0 Å². The Hall–Kier alpha value is -0.830. The lowest BCUT2D eigenvalue weighted by Gasteiger charge is -2.59. The van der Waals surface area contributed by atoms with E-state index in [1.165, 1.54) is 31.4 Å². The van der Waals surface area contributed by atoms with Gasteiger partial charge in [-0.3, -0.25) is 4.79 Å². The molecule has 2 aliphatic carbocycles. The third kappa shape index (κ3) is 1.63. The lowest BCUT2D eigenvalue weighted by Crippen LogP contribution is -2.64. The van der Waals surface area contributed by atoms with Gasteiger partial charge in [-0.05, 0) is 68.4 Å². The van der Waals surface area contributed by atoms with Crippen LogP contribution >= 0.6 is 0 Å². The SMILES string of the molecule is C[C@H]1C[C@H]2CC3=C(CCC(=O)N3)[C@]3(C1)NCCC[C@H]23. The Kier molecular flexibility index (Phi) is 2.57. The highest BCUT2D eigenvalue weighted by atomic mass is 16.1. The van der Waals surface area contributed by atoms with Gasteiger partial charge in [0, 0.05) is 17.7 Å². The average molecular weight is 260 g/mol. The lowest BCUT2D eigenvalue weighted by molar-refractivity contribution is -0.121. The quantitative estimate of drug-likeness (QED) is 0.702. The van der Waals surface area contributed by atoms with Gasteiger partial charge in [0.05, 0.1) is 0 Å². The molecular formula is C16H24N2O. The van der Waals surface area contributed by atoms with Crippen LogP contribution in [0.2, 0.25) is 0 Å². The third-order valence-corrected chi connectivity index (χ3v) is 5.97. The maximum atomic E-state index is 11.7. The van der Waals surface area contributed by atoms with Crippen molar-refractivity contribution in [1.29, 1.82) is 0 Å². The predicted molar refractivity (Wildman–Crippen MR) is 74.4 cm³/mol. The Balaban J connectivity index is 1.81. The largest absolute Gasteiger partial charge is 0.330 e. The lowest BCUT2D eigenvalue weighted by atomic mass is 9.53. The van der Waals surface area contributed by atoms with Gasteiger partial charge in [-0.2, -0.15) is 0 Å². The van der Waals surface area contributed by atoms with Crippen LogP contribution in [0.4, 0.5) is 0 Å². The van der Waals surface area contributed by atoms with Crippen molar-refractivity contribution in [3.05, 3.63) is 11.3 Å². The predicted octanol–water partition coefficient (Wildman–Crippen LogP) is 2.34. The summed E-state index contributed by atoms with van der Waals surface area (Å²) in [6.45, 7) is 3.56. The van der Waals surface area contributed by atoms with Crippen LogP contribution in [0.25, 0.3) is 0 Å². The Morgan fingerprint density at radius 1 is 1.32 bits per heavy atom. The molecule has 0 aromatic carbocycles. The fourth-order valence-electron chi connectivity index (χ4n) is 5.49. The summed E-state index contributed by atoms with van der Waals surface area (Å²) >= 11 is 0. The molecular weight excluding hydrogens is 236 g/mol. The van der Waals surface area contributed by atoms with Gasteiger partial charge in [-0.1, -0.05) is 6.92 Å². The second-order valence-corrected chi connectivity index (χ2v) is 7.16. The van der Waals surface area contributed by atoms with E-state index in [1.807, 2.05) is 0 Å². The first-order chi connectivity index (χ1) is 9.19. The van der Waals surface area contributed by atoms with Gasteiger partial charge in [0.15, 0.2) is 0 Å². The molecule has 0 unspecified atom stereocenters. The summed E-state index contributed by atoms with van der Waals surface area (Å²) in [7, 11) is 0. The molecule has 1 saturated heterocycles. The van der Waals surface area contributed by atoms with Crippen molar-refractivity contribution in [3.63, 3.8) is 0 Å². The zero-order chi connectivity index (χ0) is 13.0. The first-order valence-corrected chi connectivity index (χ1v) is 7.96. The van der Waals surface area contributed by atoms with Crippen LogP contribution in [-0.2, 0) is 4.79 Å². The standard InChI is InChI=1S/C16H24N2O/c1-10-7-11-8-14-13(4-5-15(19)18-14)16(9-10)12(11)3-2-6-17-16/h10-12,17H,2-9H2,1H3,(H,18,19)/t10-,11-,12+,16+/m0/s1. The van der Waals surface area contributed by atoms with E-state index in [1.54, 1.807) is 5.57 Å². The van der Waals surface area contributed by atoms with Gasteiger partial charge in [0.25, 0.3) is 0 Å². The molecule has 0 aromatic heterocycles. The summed E-state index contributed by atoms with van der Waals surface area (Å²) < 4.78 is 0. The van der Waals surface area contributed by atoms with Gasteiger partial charge in [-0.25, -0.2) is 0 Å². The van der Waals surface area contributed by atoms with Crippen LogP contribution in [-0.4, -0.2) is 18.0 Å². The highest BCUT2D eigenvalue weighted by Crippen LogP contribution is 2.55. The van der Waals surface area contributed by atoms with E-state index >= 15 is 0 Å². The first kappa shape index (κ1) is 12.0. The highest BCUT2D eigenvalue weighted by molar-refractivity contribution is 5.80. The number of hydrogen-bond donors (Lipinski definition) is 2. The average Bonchev–Trinajstić information content (AvgIpc) is 2.37. The zero-order valence-electron chi connectivity index (χ0n) is 11.8. The van der Waals surface area contributed by atoms with Gasteiger partial charge in [0.1, 0.15) is 0 Å². The Bertz CT molecular complexity index is 456. The molecule has 2 N–H and O–H groups in total. The van der Waals surface area contributed by atoms with E-state index in [4.69, 9.17) is 0 Å². The van der Waals surface area contributed by atoms with Gasteiger partial charge in [-0.15, -0.1) is 0 Å². The Morgan fingerprint density at radius 3 is 3.11 bits per heavy atom. The smallest absolute Gasteiger partial charge is 0.224 e. The third-order valence-electron chi connectivity index (χ3n) is 5.97. The second kappa shape index (κ2) is 4.08. The minimum Gasteiger partial charge on any atom is -0.330 e. The van der Waals surface area contributed by atoms with Crippen LogP contribution in [0, 0.1) is 17.8 Å². The fourth-order valence-corrected chi connectivity index (χ4v) is 5.49. The van der Waals surface area contributed by atoms with Gasteiger partial charge < -0.3 is 10.6 Å². The molecule has 4 atom stereocenters. The summed E-state index contributed by atoms with van der Waals surface area (Å²) in [5.74, 6) is 2.66. The normalized spacial score (nSPS) is 45.3. The molecule has 4 rings (SSSR count). The van der Waals surface area contributed by atoms with E-state index in [9.17, 15) is 4.79 Å². The zero-order valence-corrected chi connectivity index (χ0v) is 11.8. The van der Waals surface area contributed by atoms with Crippen LogP contribution in [0.5, 0.6) is 0 Å². The molecule has 0 spiro atoms. The molecule has 2 aliphatic heterocycles. The van der Waals surface area contributed by atoms with Gasteiger partial charge >= 0.3 is 0 Å². The molecule has 0 radical (unpaired) electrons. The summed E-state index contributed by atoms with van der Waals surface area (Å²) in [6.07, 6.45) is 8.14. The van der Waals surface area contributed by atoms with Crippen LogP contribution in [0.1, 0.15) is 51.9 Å². The molecule has 3 nitrogen and oxygen atoms in total. The molecule has 4 aliphatic rings. The van der Waals surface area contributed by atoms with Gasteiger partial charge in [0.2, 0.25) is 5.91 Å². The Morgan fingerprint density at radius 2 is 2.21 bits per heavy atom. The topological polar surface area (TPSA) is 41.1 Å². The van der Waals surface area contributed by atoms with E-state index < -0.39 is 0 Å². The second-order valence-electron chi connectivity index (χ2n) is 7.16. The van der Waals surface area contributed by atoms with Crippen LogP contribution in [0.15, 0.2) is 11.3 Å². The Labute approximate surface area is 115 Å². The number of hydrogen-bond acceptors (Lipinski definition) is 2. The fraction of sp³-hybridized carbons (Fsp3) is 0.812. The van der Waals surface area contributed by atoms with E-state index in [0.29, 0.717) is 6.42 Å². The van der Waals surface area contributed by atoms with Crippen molar-refractivity contribution in [2.75, 3.05) is 6.54 Å². The molecule has 1 saturated carbocycles. The van der Waals surface area contributed by atoms with Crippen molar-refractivity contribution < 1.29 is 4.79 Å². The monoisotopic (exact) mass is 260 g/mol. The van der Waals surface area contributed by atoms with Crippen molar-refractivity contribution in [2.45, 2.75) is 57.4 Å². The maximum Gasteiger partial charge on any atom is 0.224 e. The molecule has 2 bridgehead atoms. The van der Waals surface area contributed by atoms with Crippen molar-refractivity contribution in [1.82, 2.24) is 10.6 Å². The number of amides is 1. The minimum absolute atomic E-state index is 0.232. The molecule has 1 amide bonds. The van der Waals surface area contributed by atoms with E-state index in [-0.39, 0.29) is 11.4 Å². The highest BCUT2D eigenvalue weighted by Gasteiger charge is 2.54. The maximum absolute atomic E-state index is 11.7. The van der Waals surface area contributed by atoms with Crippen molar-refractivity contribution in [2.24, 2.45) is 17.8 Å².